The van der Waals surface area contributed by atoms with E-state index in [2.05, 4.69) is 15.2 Å². The molecule has 2 heterocycles. The summed E-state index contributed by atoms with van der Waals surface area (Å²) in [5.41, 5.74) is 3.25. The number of pyridine rings is 1. The van der Waals surface area contributed by atoms with E-state index in [0.717, 1.165) is 11.1 Å². The van der Waals surface area contributed by atoms with Gasteiger partial charge in [-0.2, -0.15) is 5.10 Å². The van der Waals surface area contributed by atoms with Crippen LogP contribution in [0.3, 0.4) is 0 Å². The first-order chi connectivity index (χ1) is 9.34. The second-order valence-corrected chi connectivity index (χ2v) is 4.13. The normalized spacial score (nSPS) is 10.3. The van der Waals surface area contributed by atoms with Crippen LogP contribution < -0.4 is 0 Å². The molecule has 0 radical (unpaired) electrons. The topological polar surface area (TPSA) is 58.6 Å². The Morgan fingerprint density at radius 3 is 2.58 bits per heavy atom. The highest BCUT2D eigenvalue weighted by Crippen LogP contribution is 2.20. The molecule has 19 heavy (non-hydrogen) atoms. The van der Waals surface area contributed by atoms with Crippen LogP contribution >= 0.6 is 0 Å². The average molecular weight is 249 g/mol. The van der Waals surface area contributed by atoms with E-state index in [-0.39, 0.29) is 5.78 Å². The lowest BCUT2D eigenvalue weighted by Gasteiger charge is -2.03. The molecule has 0 saturated carbocycles. The summed E-state index contributed by atoms with van der Waals surface area (Å²) in [5.74, 6) is -0.0374. The molecule has 2 aromatic heterocycles. The van der Waals surface area contributed by atoms with Crippen LogP contribution in [0.4, 0.5) is 0 Å². The van der Waals surface area contributed by atoms with Crippen molar-refractivity contribution >= 4 is 5.78 Å². The zero-order chi connectivity index (χ0) is 13.1. The number of hydrogen-bond acceptors (Lipinski definition) is 3. The van der Waals surface area contributed by atoms with Crippen LogP contribution in [0, 0.1) is 0 Å². The second-order valence-electron chi connectivity index (χ2n) is 4.13. The third-order valence-corrected chi connectivity index (χ3v) is 2.90. The molecule has 0 amide bonds. The van der Waals surface area contributed by atoms with Crippen molar-refractivity contribution in [1.29, 1.82) is 0 Å². The molecule has 3 aromatic rings. The Kier molecular flexibility index (Phi) is 2.90. The highest BCUT2D eigenvalue weighted by Gasteiger charge is 2.10. The number of benzene rings is 1. The number of carbonyl (C=O) groups is 1. The maximum Gasteiger partial charge on any atom is 0.196 e. The summed E-state index contributed by atoms with van der Waals surface area (Å²) in [7, 11) is 0. The van der Waals surface area contributed by atoms with Crippen LogP contribution in [0.2, 0.25) is 0 Å². The first-order valence-electron chi connectivity index (χ1n) is 5.88. The molecule has 0 spiro atoms. The van der Waals surface area contributed by atoms with E-state index in [0.29, 0.717) is 11.1 Å². The minimum atomic E-state index is -0.0374. The summed E-state index contributed by atoms with van der Waals surface area (Å²) < 4.78 is 0. The molecule has 0 aliphatic rings. The molecule has 3 rings (SSSR count). The highest BCUT2D eigenvalue weighted by molar-refractivity contribution is 6.09. The minimum absolute atomic E-state index is 0.0374. The summed E-state index contributed by atoms with van der Waals surface area (Å²) in [4.78, 5) is 16.2. The van der Waals surface area contributed by atoms with Gasteiger partial charge in [-0.25, -0.2) is 0 Å². The molecular formula is C15H11N3O. The molecule has 0 aliphatic heterocycles. The zero-order valence-corrected chi connectivity index (χ0v) is 10.1. The lowest BCUT2D eigenvalue weighted by atomic mass is 10.0. The summed E-state index contributed by atoms with van der Waals surface area (Å²) in [5, 5.41) is 6.44. The van der Waals surface area contributed by atoms with Crippen molar-refractivity contribution in [1.82, 2.24) is 15.2 Å². The van der Waals surface area contributed by atoms with Gasteiger partial charge in [0.2, 0.25) is 0 Å². The van der Waals surface area contributed by atoms with E-state index in [4.69, 9.17) is 0 Å². The maximum absolute atomic E-state index is 12.2. The number of aromatic amines is 1. The lowest BCUT2D eigenvalue weighted by Crippen LogP contribution is -1.99. The molecule has 0 aliphatic carbocycles. The predicted molar refractivity (Wildman–Crippen MR) is 71.7 cm³/mol. The van der Waals surface area contributed by atoms with Crippen molar-refractivity contribution in [3.8, 4) is 11.1 Å². The van der Waals surface area contributed by atoms with Crippen molar-refractivity contribution in [2.24, 2.45) is 0 Å². The van der Waals surface area contributed by atoms with Crippen molar-refractivity contribution in [3.05, 3.63) is 72.3 Å². The number of carbonyl (C=O) groups excluding carboxylic acids is 1. The van der Waals surface area contributed by atoms with Crippen molar-refractivity contribution in [2.45, 2.75) is 0 Å². The van der Waals surface area contributed by atoms with Gasteiger partial charge >= 0.3 is 0 Å². The fourth-order valence-corrected chi connectivity index (χ4v) is 1.93. The number of ketones is 1. The van der Waals surface area contributed by atoms with Gasteiger partial charge in [0.1, 0.15) is 0 Å². The standard InChI is InChI=1S/C15H11N3O/c19-15(14-9-17-18-10-14)13-3-1-2-12(8-13)11-4-6-16-7-5-11/h1-10H,(H,17,18). The molecule has 4 heteroatoms. The van der Waals surface area contributed by atoms with Gasteiger partial charge in [0.05, 0.1) is 11.8 Å². The summed E-state index contributed by atoms with van der Waals surface area (Å²) >= 11 is 0. The van der Waals surface area contributed by atoms with Crippen molar-refractivity contribution in [2.75, 3.05) is 0 Å². The lowest BCUT2D eigenvalue weighted by molar-refractivity contribution is 0.103. The molecule has 0 unspecified atom stereocenters. The highest BCUT2D eigenvalue weighted by atomic mass is 16.1. The Balaban J connectivity index is 1.99. The Morgan fingerprint density at radius 2 is 1.84 bits per heavy atom. The average Bonchev–Trinajstić information content (AvgIpc) is 3.02. The van der Waals surface area contributed by atoms with Gasteiger partial charge < -0.3 is 0 Å². The SMILES string of the molecule is O=C(c1cn[nH]c1)c1cccc(-c2ccncc2)c1. The molecule has 1 N–H and O–H groups in total. The van der Waals surface area contributed by atoms with Gasteiger partial charge in [0.25, 0.3) is 0 Å². The minimum Gasteiger partial charge on any atom is -0.288 e. The fraction of sp³-hybridized carbons (Fsp3) is 0. The van der Waals surface area contributed by atoms with Crippen molar-refractivity contribution < 1.29 is 4.79 Å². The van der Waals surface area contributed by atoms with E-state index in [1.807, 2.05) is 30.3 Å². The van der Waals surface area contributed by atoms with Crippen LogP contribution in [0.15, 0.2) is 61.2 Å². The number of nitrogens with one attached hydrogen (secondary N) is 1. The monoisotopic (exact) mass is 249 g/mol. The number of nitrogens with zero attached hydrogens (tertiary/aromatic N) is 2. The smallest absolute Gasteiger partial charge is 0.196 e. The first-order valence-corrected chi connectivity index (χ1v) is 5.88. The van der Waals surface area contributed by atoms with Crippen LogP contribution in [-0.2, 0) is 0 Å². The molecular weight excluding hydrogens is 238 g/mol. The Hall–Kier alpha value is -2.75. The first kappa shape index (κ1) is 11.3. The molecule has 4 nitrogen and oxygen atoms in total. The van der Waals surface area contributed by atoms with Gasteiger partial charge in [-0.3, -0.25) is 14.9 Å². The van der Waals surface area contributed by atoms with Gasteiger partial charge in [0, 0.05) is 24.2 Å². The molecule has 0 fully saturated rings. The number of aromatic nitrogens is 3. The van der Waals surface area contributed by atoms with Crippen molar-refractivity contribution in [3.63, 3.8) is 0 Å². The predicted octanol–water partition coefficient (Wildman–Crippen LogP) is 2.70. The summed E-state index contributed by atoms with van der Waals surface area (Å²) in [6.45, 7) is 0. The zero-order valence-electron chi connectivity index (χ0n) is 10.1. The molecule has 1 aromatic carbocycles. The van der Waals surface area contributed by atoms with Gasteiger partial charge in [0.15, 0.2) is 5.78 Å². The molecule has 0 bridgehead atoms. The summed E-state index contributed by atoms with van der Waals surface area (Å²) in [6.07, 6.45) is 6.60. The second kappa shape index (κ2) is 4.86. The van der Waals surface area contributed by atoms with E-state index < -0.39 is 0 Å². The maximum atomic E-state index is 12.2. The number of rotatable bonds is 3. The van der Waals surface area contributed by atoms with Gasteiger partial charge in [-0.05, 0) is 29.3 Å². The fourth-order valence-electron chi connectivity index (χ4n) is 1.93. The van der Waals surface area contributed by atoms with Crippen LogP contribution in [0.25, 0.3) is 11.1 Å². The third kappa shape index (κ3) is 2.28. The largest absolute Gasteiger partial charge is 0.288 e. The number of H-pyrrole nitrogens is 1. The van der Waals surface area contributed by atoms with Crippen LogP contribution in [0.5, 0.6) is 0 Å². The van der Waals surface area contributed by atoms with E-state index in [1.54, 1.807) is 24.7 Å². The van der Waals surface area contributed by atoms with Crippen LogP contribution in [0.1, 0.15) is 15.9 Å². The van der Waals surface area contributed by atoms with E-state index in [1.165, 1.54) is 6.20 Å². The Labute approximate surface area is 110 Å². The van der Waals surface area contributed by atoms with Gasteiger partial charge in [-0.15, -0.1) is 0 Å². The molecule has 0 saturated heterocycles. The van der Waals surface area contributed by atoms with E-state index in [9.17, 15) is 4.79 Å². The number of hydrogen-bond donors (Lipinski definition) is 1. The Bertz CT molecular complexity index is 690. The Morgan fingerprint density at radius 1 is 1.00 bits per heavy atom. The molecule has 92 valence electrons. The van der Waals surface area contributed by atoms with Crippen LogP contribution in [-0.4, -0.2) is 21.0 Å². The van der Waals surface area contributed by atoms with Gasteiger partial charge in [-0.1, -0.05) is 18.2 Å². The molecule has 0 atom stereocenters. The van der Waals surface area contributed by atoms with E-state index >= 15 is 0 Å². The third-order valence-electron chi connectivity index (χ3n) is 2.90. The quantitative estimate of drug-likeness (QED) is 0.726. The summed E-state index contributed by atoms with van der Waals surface area (Å²) in [6, 6.07) is 11.4.